The number of nitrogens with zero attached hydrogens (tertiary/aromatic N) is 6. The van der Waals surface area contributed by atoms with Crippen molar-refractivity contribution in [3.05, 3.63) is 29.2 Å². The fraction of sp³-hybridized carbons (Fsp3) is 0.562. The molecule has 0 fully saturated rings. The van der Waals surface area contributed by atoms with Gasteiger partial charge in [0.15, 0.2) is 11.5 Å². The molecule has 0 aromatic carbocycles. The van der Waals surface area contributed by atoms with Gasteiger partial charge in [-0.25, -0.2) is 0 Å². The third-order valence-corrected chi connectivity index (χ3v) is 4.21. The van der Waals surface area contributed by atoms with Crippen LogP contribution in [-0.2, 0) is 13.0 Å². The van der Waals surface area contributed by atoms with Crippen molar-refractivity contribution in [3.63, 3.8) is 0 Å². The first-order valence-electron chi connectivity index (χ1n) is 8.28. The average Bonchev–Trinajstić information content (AvgIpc) is 3.22. The van der Waals surface area contributed by atoms with Gasteiger partial charge in [0.05, 0.1) is 6.54 Å². The summed E-state index contributed by atoms with van der Waals surface area (Å²) in [5.74, 6) is 0.990. The van der Waals surface area contributed by atoms with Crippen LogP contribution in [0, 0.1) is 0 Å². The monoisotopic (exact) mass is 346 g/mol. The molecule has 134 valence electrons. The van der Waals surface area contributed by atoms with E-state index < -0.39 is 0 Å². The summed E-state index contributed by atoms with van der Waals surface area (Å²) in [6.45, 7) is 5.58. The number of rotatable bonds is 5. The van der Waals surface area contributed by atoms with Gasteiger partial charge < -0.3 is 14.3 Å². The van der Waals surface area contributed by atoms with Gasteiger partial charge in [-0.15, -0.1) is 0 Å². The number of fused-ring (bicyclic) bond motifs is 1. The molecule has 9 nitrogen and oxygen atoms in total. The highest BCUT2D eigenvalue weighted by Crippen LogP contribution is 2.14. The van der Waals surface area contributed by atoms with Gasteiger partial charge in [-0.05, 0) is 0 Å². The molecule has 1 aliphatic rings. The molecule has 1 aliphatic heterocycles. The molecule has 2 aromatic rings. The van der Waals surface area contributed by atoms with Gasteiger partial charge in [-0.2, -0.15) is 10.1 Å². The lowest BCUT2D eigenvalue weighted by atomic mass is 10.2. The van der Waals surface area contributed by atoms with Gasteiger partial charge >= 0.3 is 0 Å². The van der Waals surface area contributed by atoms with E-state index in [1.54, 1.807) is 34.6 Å². The molecule has 0 radical (unpaired) electrons. The van der Waals surface area contributed by atoms with Gasteiger partial charge in [-0.3, -0.25) is 14.3 Å². The van der Waals surface area contributed by atoms with Crippen LogP contribution in [0.3, 0.4) is 0 Å². The number of hydrogen-bond acceptors (Lipinski definition) is 6. The molecule has 0 saturated carbocycles. The highest BCUT2D eigenvalue weighted by atomic mass is 16.5. The maximum atomic E-state index is 12.5. The Labute approximate surface area is 145 Å². The van der Waals surface area contributed by atoms with Crippen molar-refractivity contribution in [1.82, 2.24) is 29.7 Å². The van der Waals surface area contributed by atoms with Crippen LogP contribution in [0.5, 0.6) is 0 Å². The summed E-state index contributed by atoms with van der Waals surface area (Å²) >= 11 is 0. The van der Waals surface area contributed by atoms with Crippen LogP contribution in [0.4, 0.5) is 0 Å². The van der Waals surface area contributed by atoms with Crippen molar-refractivity contribution in [2.24, 2.45) is 0 Å². The zero-order valence-electron chi connectivity index (χ0n) is 14.9. The molecule has 0 saturated heterocycles. The third-order valence-electron chi connectivity index (χ3n) is 4.21. The Morgan fingerprint density at radius 1 is 1.40 bits per heavy atom. The molecular formula is C16H22N6O3. The molecule has 0 atom stereocenters. The van der Waals surface area contributed by atoms with Crippen molar-refractivity contribution in [2.75, 3.05) is 27.2 Å². The fourth-order valence-corrected chi connectivity index (χ4v) is 2.57. The maximum Gasteiger partial charge on any atom is 0.274 e. The molecule has 0 unspecified atom stereocenters. The minimum Gasteiger partial charge on any atom is -0.340 e. The van der Waals surface area contributed by atoms with Crippen molar-refractivity contribution < 1.29 is 14.1 Å². The lowest BCUT2D eigenvalue weighted by Crippen LogP contribution is -2.37. The summed E-state index contributed by atoms with van der Waals surface area (Å²) in [5.41, 5.74) is 0.724. The molecule has 0 bridgehead atoms. The molecule has 9 heteroatoms. The molecule has 25 heavy (non-hydrogen) atoms. The number of aromatic nitrogens is 4. The predicted molar refractivity (Wildman–Crippen MR) is 88.2 cm³/mol. The van der Waals surface area contributed by atoms with Crippen LogP contribution in [0.2, 0.25) is 0 Å². The Hall–Kier alpha value is -2.71. The largest absolute Gasteiger partial charge is 0.340 e. The second-order valence-electron chi connectivity index (χ2n) is 6.54. The fourth-order valence-electron chi connectivity index (χ4n) is 2.57. The van der Waals surface area contributed by atoms with Crippen LogP contribution < -0.4 is 0 Å². The van der Waals surface area contributed by atoms with Crippen LogP contribution >= 0.6 is 0 Å². The first-order valence-corrected chi connectivity index (χ1v) is 8.28. The maximum absolute atomic E-state index is 12.5. The van der Waals surface area contributed by atoms with E-state index in [9.17, 15) is 9.59 Å². The highest BCUT2D eigenvalue weighted by molar-refractivity contribution is 5.98. The second-order valence-corrected chi connectivity index (χ2v) is 6.54. The molecular weight excluding hydrogens is 324 g/mol. The van der Waals surface area contributed by atoms with Crippen LogP contribution in [0.15, 0.2) is 10.6 Å². The quantitative estimate of drug-likeness (QED) is 0.794. The molecule has 2 aromatic heterocycles. The Bertz CT molecular complexity index is 794. The smallest absolute Gasteiger partial charge is 0.274 e. The minimum absolute atomic E-state index is 0.117. The number of likely N-dealkylation sites (N-methyl/N-ethyl adjacent to an activating group) is 2. The highest BCUT2D eigenvalue weighted by Gasteiger charge is 2.26. The molecule has 3 heterocycles. The number of carbonyl (C=O) groups excluding carboxylic acids is 2. The van der Waals surface area contributed by atoms with Crippen molar-refractivity contribution in [3.8, 4) is 0 Å². The summed E-state index contributed by atoms with van der Waals surface area (Å²) < 4.78 is 6.75. The molecule has 3 rings (SSSR count). The Balaban J connectivity index is 1.64. The van der Waals surface area contributed by atoms with E-state index in [4.69, 9.17) is 4.52 Å². The second kappa shape index (κ2) is 6.66. The predicted octanol–water partition coefficient (Wildman–Crippen LogP) is 0.790. The Morgan fingerprint density at radius 3 is 2.84 bits per heavy atom. The van der Waals surface area contributed by atoms with E-state index in [0.29, 0.717) is 43.5 Å². The number of hydrogen-bond donors (Lipinski definition) is 0. The zero-order valence-corrected chi connectivity index (χ0v) is 14.9. The van der Waals surface area contributed by atoms with Gasteiger partial charge in [0.1, 0.15) is 5.69 Å². The number of carbonyl (C=O) groups is 2. The molecule has 0 aliphatic carbocycles. The average molecular weight is 346 g/mol. The summed E-state index contributed by atoms with van der Waals surface area (Å²) in [6, 6.07) is 1.56. The number of amides is 2. The Morgan fingerprint density at radius 2 is 2.16 bits per heavy atom. The first kappa shape index (κ1) is 17.1. The first-order chi connectivity index (χ1) is 11.9. The van der Waals surface area contributed by atoms with Crippen LogP contribution in [-0.4, -0.2) is 68.7 Å². The van der Waals surface area contributed by atoms with Crippen molar-refractivity contribution >= 4 is 11.8 Å². The summed E-state index contributed by atoms with van der Waals surface area (Å²) in [7, 11) is 3.43. The van der Waals surface area contributed by atoms with Crippen LogP contribution in [0.25, 0.3) is 0 Å². The third kappa shape index (κ3) is 3.40. The van der Waals surface area contributed by atoms with Gasteiger partial charge in [-0.1, -0.05) is 19.0 Å². The van der Waals surface area contributed by atoms with E-state index in [1.807, 2.05) is 13.8 Å². The topological polar surface area (TPSA) is 97.4 Å². The molecule has 0 spiro atoms. The van der Waals surface area contributed by atoms with Crippen molar-refractivity contribution in [2.45, 2.75) is 32.7 Å². The normalized spacial score (nSPS) is 14.1. The van der Waals surface area contributed by atoms with E-state index >= 15 is 0 Å². The van der Waals surface area contributed by atoms with E-state index in [-0.39, 0.29) is 23.4 Å². The SMILES string of the molecule is CC(C)c1nc(CCN(C)C(=O)c2cc3n(n2)CCN(C)C3=O)no1. The van der Waals surface area contributed by atoms with Crippen LogP contribution in [0.1, 0.15) is 52.5 Å². The zero-order chi connectivity index (χ0) is 18.1. The summed E-state index contributed by atoms with van der Waals surface area (Å²) in [4.78, 5) is 32.1. The van der Waals surface area contributed by atoms with Gasteiger partial charge in [0.2, 0.25) is 5.89 Å². The van der Waals surface area contributed by atoms with Gasteiger partial charge in [0.25, 0.3) is 11.8 Å². The van der Waals surface area contributed by atoms with E-state index in [0.717, 1.165) is 0 Å². The van der Waals surface area contributed by atoms with Gasteiger partial charge in [0, 0.05) is 45.6 Å². The van der Waals surface area contributed by atoms with Crippen molar-refractivity contribution in [1.29, 1.82) is 0 Å². The standard InChI is InChI=1S/C16H22N6O3/c1-10(2)14-17-13(19-25-14)5-6-20(3)15(23)11-9-12-16(24)21(4)7-8-22(12)18-11/h9-10H,5-8H2,1-4H3. The summed E-state index contributed by atoms with van der Waals surface area (Å²) in [5, 5.41) is 8.19. The van der Waals surface area contributed by atoms with E-state index in [2.05, 4.69) is 15.2 Å². The lowest BCUT2D eigenvalue weighted by molar-refractivity contribution is 0.0739. The Kier molecular flexibility index (Phi) is 4.56. The lowest BCUT2D eigenvalue weighted by Gasteiger charge is -2.22. The van der Waals surface area contributed by atoms with E-state index in [1.165, 1.54) is 0 Å². The summed E-state index contributed by atoms with van der Waals surface area (Å²) in [6.07, 6.45) is 0.494. The minimum atomic E-state index is -0.232. The molecule has 0 N–H and O–H groups in total. The molecule has 2 amide bonds.